The summed E-state index contributed by atoms with van der Waals surface area (Å²) in [6, 6.07) is 6.08. The van der Waals surface area contributed by atoms with E-state index >= 15 is 0 Å². The van der Waals surface area contributed by atoms with E-state index in [1.165, 1.54) is 18.3 Å². The van der Waals surface area contributed by atoms with E-state index in [4.69, 9.17) is 0 Å². The molecule has 0 amide bonds. The van der Waals surface area contributed by atoms with E-state index in [-0.39, 0.29) is 5.82 Å². The maximum absolute atomic E-state index is 13.1. The smallest absolute Gasteiger partial charge is 0.294 e. The number of halogens is 4. The van der Waals surface area contributed by atoms with Crippen LogP contribution in [-0.2, 0) is 25.7 Å². The van der Waals surface area contributed by atoms with Gasteiger partial charge in [-0.3, -0.25) is 4.90 Å². The van der Waals surface area contributed by atoms with Crippen molar-refractivity contribution in [3.05, 3.63) is 70.8 Å². The average molecular weight is 391 g/mol. The van der Waals surface area contributed by atoms with Crippen molar-refractivity contribution in [1.29, 1.82) is 0 Å². The summed E-state index contributed by atoms with van der Waals surface area (Å²) in [7, 11) is 0. The Bertz CT molecular complexity index is 995. The van der Waals surface area contributed by atoms with Gasteiger partial charge in [0.15, 0.2) is 0 Å². The molecule has 1 aliphatic heterocycles. The lowest BCUT2D eigenvalue weighted by Crippen LogP contribution is -2.31. The highest BCUT2D eigenvalue weighted by atomic mass is 19.4. The van der Waals surface area contributed by atoms with Gasteiger partial charge < -0.3 is 0 Å². The van der Waals surface area contributed by atoms with Gasteiger partial charge in [-0.25, -0.2) is 19.0 Å². The zero-order valence-corrected chi connectivity index (χ0v) is 15.0. The topological polar surface area (TPSA) is 46.8 Å². The first-order valence-corrected chi connectivity index (χ1v) is 8.75. The summed E-state index contributed by atoms with van der Waals surface area (Å²) >= 11 is 0. The Morgan fingerprint density at radius 1 is 1.11 bits per heavy atom. The molecule has 2 aromatic heterocycles. The number of benzene rings is 1. The molecule has 4 rings (SSSR count). The summed E-state index contributed by atoms with van der Waals surface area (Å²) < 4.78 is 53.2. The predicted molar refractivity (Wildman–Crippen MR) is 93.1 cm³/mol. The van der Waals surface area contributed by atoms with Crippen LogP contribution in [0.15, 0.2) is 36.7 Å². The SMILES string of the molecule is Cc1c(CN2CCc3nc(C(F)(F)F)ncc3C2)cnn1-c1ccc(F)cc1. The van der Waals surface area contributed by atoms with Crippen LogP contribution in [0.4, 0.5) is 17.6 Å². The van der Waals surface area contributed by atoms with E-state index in [2.05, 4.69) is 20.0 Å². The molecule has 0 bridgehead atoms. The predicted octanol–water partition coefficient (Wildman–Crippen LogP) is 3.69. The molecule has 9 heteroatoms. The Kier molecular flexibility index (Phi) is 4.62. The molecule has 0 saturated heterocycles. The molecule has 0 spiro atoms. The van der Waals surface area contributed by atoms with Crippen molar-refractivity contribution in [2.75, 3.05) is 6.54 Å². The number of alkyl halides is 3. The van der Waals surface area contributed by atoms with Crippen LogP contribution < -0.4 is 0 Å². The zero-order valence-electron chi connectivity index (χ0n) is 15.0. The normalized spacial score (nSPS) is 14.9. The van der Waals surface area contributed by atoms with Gasteiger partial charge >= 0.3 is 6.18 Å². The third-order valence-corrected chi connectivity index (χ3v) is 4.84. The Labute approximate surface area is 158 Å². The standard InChI is InChI=1S/C19H17F4N5/c1-12-13(9-25-28(12)16-4-2-15(20)3-5-16)10-27-7-6-17-14(11-27)8-24-18(26-17)19(21,22)23/h2-5,8-9H,6-7,10-11H2,1H3. The van der Waals surface area contributed by atoms with Gasteiger partial charge in [0.2, 0.25) is 5.82 Å². The summed E-state index contributed by atoms with van der Waals surface area (Å²) in [6.45, 7) is 3.62. The van der Waals surface area contributed by atoms with Crippen molar-refractivity contribution in [3.8, 4) is 5.69 Å². The number of fused-ring (bicyclic) bond motifs is 1. The average Bonchev–Trinajstić information content (AvgIpc) is 3.01. The van der Waals surface area contributed by atoms with Crippen molar-refractivity contribution in [2.24, 2.45) is 0 Å². The quantitative estimate of drug-likeness (QED) is 0.639. The third kappa shape index (κ3) is 3.62. The molecule has 0 unspecified atom stereocenters. The molecule has 0 N–H and O–H groups in total. The second-order valence-corrected chi connectivity index (χ2v) is 6.77. The van der Waals surface area contributed by atoms with Crippen LogP contribution in [0.25, 0.3) is 5.69 Å². The van der Waals surface area contributed by atoms with Crippen LogP contribution >= 0.6 is 0 Å². The molecule has 0 saturated carbocycles. The molecule has 5 nitrogen and oxygen atoms in total. The maximum Gasteiger partial charge on any atom is 0.451 e. The molecule has 0 aliphatic carbocycles. The molecule has 3 heterocycles. The van der Waals surface area contributed by atoms with Crippen molar-refractivity contribution in [1.82, 2.24) is 24.6 Å². The Morgan fingerprint density at radius 3 is 2.57 bits per heavy atom. The second kappa shape index (κ2) is 6.97. The van der Waals surface area contributed by atoms with E-state index < -0.39 is 12.0 Å². The van der Waals surface area contributed by atoms with Gasteiger partial charge in [-0.2, -0.15) is 18.3 Å². The molecule has 3 aromatic rings. The van der Waals surface area contributed by atoms with E-state index in [0.29, 0.717) is 37.3 Å². The number of aromatic nitrogens is 4. The van der Waals surface area contributed by atoms with Crippen molar-refractivity contribution >= 4 is 0 Å². The summed E-state index contributed by atoms with van der Waals surface area (Å²) in [4.78, 5) is 9.27. The molecule has 1 aliphatic rings. The monoisotopic (exact) mass is 391 g/mol. The summed E-state index contributed by atoms with van der Waals surface area (Å²) in [6.07, 6.45) is -1.06. The Balaban J connectivity index is 1.50. The minimum absolute atomic E-state index is 0.309. The van der Waals surface area contributed by atoms with Crippen molar-refractivity contribution < 1.29 is 17.6 Å². The highest BCUT2D eigenvalue weighted by molar-refractivity contribution is 5.35. The number of rotatable bonds is 3. The molecule has 146 valence electrons. The van der Waals surface area contributed by atoms with Crippen LogP contribution in [0.5, 0.6) is 0 Å². The first-order chi connectivity index (χ1) is 13.3. The molecule has 1 aromatic carbocycles. The maximum atomic E-state index is 13.1. The van der Waals surface area contributed by atoms with Gasteiger partial charge in [0.25, 0.3) is 0 Å². The molecular weight excluding hydrogens is 374 g/mol. The molecular formula is C19H17F4N5. The summed E-state index contributed by atoms with van der Waals surface area (Å²) in [5, 5.41) is 4.38. The molecule has 0 radical (unpaired) electrons. The van der Waals surface area contributed by atoms with Gasteiger partial charge in [0.05, 0.1) is 17.6 Å². The van der Waals surface area contributed by atoms with Crippen LogP contribution in [0.2, 0.25) is 0 Å². The number of hydrogen-bond acceptors (Lipinski definition) is 4. The number of hydrogen-bond donors (Lipinski definition) is 0. The van der Waals surface area contributed by atoms with Crippen molar-refractivity contribution in [3.63, 3.8) is 0 Å². The van der Waals surface area contributed by atoms with Crippen molar-refractivity contribution in [2.45, 2.75) is 32.6 Å². The lowest BCUT2D eigenvalue weighted by atomic mass is 10.1. The molecule has 0 fully saturated rings. The fourth-order valence-corrected chi connectivity index (χ4v) is 3.33. The lowest BCUT2D eigenvalue weighted by Gasteiger charge is -2.28. The summed E-state index contributed by atoms with van der Waals surface area (Å²) in [5.74, 6) is -1.40. The van der Waals surface area contributed by atoms with Crippen LogP contribution in [-0.4, -0.2) is 31.2 Å². The number of nitrogens with zero attached hydrogens (tertiary/aromatic N) is 5. The minimum Gasteiger partial charge on any atom is -0.294 e. The molecule has 28 heavy (non-hydrogen) atoms. The van der Waals surface area contributed by atoms with E-state index in [9.17, 15) is 17.6 Å². The van der Waals surface area contributed by atoms with Crippen LogP contribution in [0.3, 0.4) is 0 Å². The van der Waals surface area contributed by atoms with Gasteiger partial charge in [-0.05, 0) is 31.2 Å². The minimum atomic E-state index is -4.53. The van der Waals surface area contributed by atoms with E-state index in [1.54, 1.807) is 23.0 Å². The van der Waals surface area contributed by atoms with Gasteiger partial charge in [-0.1, -0.05) is 0 Å². The Morgan fingerprint density at radius 2 is 1.86 bits per heavy atom. The lowest BCUT2D eigenvalue weighted by molar-refractivity contribution is -0.145. The second-order valence-electron chi connectivity index (χ2n) is 6.77. The van der Waals surface area contributed by atoms with Crippen LogP contribution in [0.1, 0.15) is 28.3 Å². The summed E-state index contributed by atoms with van der Waals surface area (Å²) in [5.41, 5.74) is 3.86. The first kappa shape index (κ1) is 18.5. The fourth-order valence-electron chi connectivity index (χ4n) is 3.33. The van der Waals surface area contributed by atoms with Gasteiger partial charge in [-0.15, -0.1) is 0 Å². The van der Waals surface area contributed by atoms with E-state index in [1.807, 2.05) is 6.92 Å². The highest BCUT2D eigenvalue weighted by Crippen LogP contribution is 2.28. The zero-order chi connectivity index (χ0) is 19.9. The molecule has 0 atom stereocenters. The largest absolute Gasteiger partial charge is 0.451 e. The highest BCUT2D eigenvalue weighted by Gasteiger charge is 2.35. The van der Waals surface area contributed by atoms with Gasteiger partial charge in [0.1, 0.15) is 5.82 Å². The Hall–Kier alpha value is -2.81. The third-order valence-electron chi connectivity index (χ3n) is 4.84. The van der Waals surface area contributed by atoms with Gasteiger partial charge in [0, 0.05) is 49.1 Å². The first-order valence-electron chi connectivity index (χ1n) is 8.75. The fraction of sp³-hybridized carbons (Fsp3) is 0.316. The van der Waals surface area contributed by atoms with E-state index in [0.717, 1.165) is 16.9 Å². The van der Waals surface area contributed by atoms with Crippen LogP contribution in [0, 0.1) is 12.7 Å².